The number of H-pyrrole nitrogens is 1. The number of thiazole rings is 1. The minimum Gasteiger partial charge on any atom is -0.383 e. The van der Waals surface area contributed by atoms with Gasteiger partial charge in [0.25, 0.3) is 0 Å². The van der Waals surface area contributed by atoms with Crippen molar-refractivity contribution >= 4 is 11.3 Å². The van der Waals surface area contributed by atoms with E-state index in [-0.39, 0.29) is 0 Å². The van der Waals surface area contributed by atoms with E-state index < -0.39 is 6.10 Å². The maximum atomic E-state index is 9.86. The summed E-state index contributed by atoms with van der Waals surface area (Å²) < 4.78 is 0. The summed E-state index contributed by atoms with van der Waals surface area (Å²) in [4.78, 5) is 4.95. The van der Waals surface area contributed by atoms with Crippen molar-refractivity contribution in [2.24, 2.45) is 0 Å². The van der Waals surface area contributed by atoms with E-state index in [1.807, 2.05) is 6.92 Å². The van der Waals surface area contributed by atoms with Crippen LogP contribution >= 0.6 is 11.3 Å². The molecule has 0 bridgehead atoms. The second-order valence-electron chi connectivity index (χ2n) is 2.74. The van der Waals surface area contributed by atoms with Crippen molar-refractivity contribution in [3.63, 3.8) is 0 Å². The molecular formula is C8H9N3OS. The fourth-order valence-corrected chi connectivity index (χ4v) is 1.95. The third-order valence-electron chi connectivity index (χ3n) is 1.87. The van der Waals surface area contributed by atoms with E-state index in [9.17, 15) is 5.11 Å². The number of nitrogens with zero attached hydrogens (tertiary/aromatic N) is 2. The zero-order valence-corrected chi connectivity index (χ0v) is 7.88. The van der Waals surface area contributed by atoms with Gasteiger partial charge in [-0.1, -0.05) is 0 Å². The van der Waals surface area contributed by atoms with Crippen molar-refractivity contribution < 1.29 is 5.11 Å². The molecule has 0 fully saturated rings. The van der Waals surface area contributed by atoms with Gasteiger partial charge in [-0.15, -0.1) is 11.3 Å². The molecule has 1 unspecified atom stereocenters. The largest absolute Gasteiger partial charge is 0.383 e. The molecule has 0 aromatic carbocycles. The Kier molecular flexibility index (Phi) is 2.12. The molecule has 4 nitrogen and oxygen atoms in total. The summed E-state index contributed by atoms with van der Waals surface area (Å²) >= 11 is 1.45. The van der Waals surface area contributed by atoms with Crippen LogP contribution in [0.3, 0.4) is 0 Å². The van der Waals surface area contributed by atoms with Gasteiger partial charge < -0.3 is 5.11 Å². The molecule has 0 aliphatic rings. The first-order chi connectivity index (χ1) is 6.29. The van der Waals surface area contributed by atoms with Crippen LogP contribution in [-0.2, 0) is 0 Å². The molecule has 0 saturated carbocycles. The van der Waals surface area contributed by atoms with E-state index in [1.165, 1.54) is 11.3 Å². The molecule has 2 rings (SSSR count). The van der Waals surface area contributed by atoms with Crippen LogP contribution in [-0.4, -0.2) is 20.3 Å². The molecular weight excluding hydrogens is 186 g/mol. The number of aliphatic hydroxyl groups excluding tert-OH is 1. The molecule has 0 aliphatic heterocycles. The highest BCUT2D eigenvalue weighted by Crippen LogP contribution is 2.26. The zero-order valence-electron chi connectivity index (χ0n) is 7.06. The highest BCUT2D eigenvalue weighted by molar-refractivity contribution is 7.09. The maximum Gasteiger partial charge on any atom is 0.118 e. The molecule has 5 heteroatoms. The lowest BCUT2D eigenvalue weighted by molar-refractivity contribution is 0.223. The normalized spacial score (nSPS) is 13.1. The Morgan fingerprint density at radius 3 is 3.00 bits per heavy atom. The van der Waals surface area contributed by atoms with E-state index in [1.54, 1.807) is 17.9 Å². The Morgan fingerprint density at radius 1 is 1.62 bits per heavy atom. The summed E-state index contributed by atoms with van der Waals surface area (Å²) in [6.45, 7) is 1.88. The zero-order chi connectivity index (χ0) is 9.26. The summed E-state index contributed by atoms with van der Waals surface area (Å²) in [5.74, 6) is 0. The number of hydrogen-bond donors (Lipinski definition) is 2. The van der Waals surface area contributed by atoms with Gasteiger partial charge in [-0.3, -0.25) is 5.10 Å². The Morgan fingerprint density at radius 2 is 2.46 bits per heavy atom. The minimum absolute atomic E-state index is 0.605. The summed E-state index contributed by atoms with van der Waals surface area (Å²) in [5.41, 5.74) is 3.37. The van der Waals surface area contributed by atoms with Gasteiger partial charge in [0, 0.05) is 11.8 Å². The fourth-order valence-electron chi connectivity index (χ4n) is 1.14. The van der Waals surface area contributed by atoms with Crippen LogP contribution in [0.15, 0.2) is 17.9 Å². The van der Waals surface area contributed by atoms with Gasteiger partial charge in [-0.05, 0) is 6.92 Å². The SMILES string of the molecule is Cc1ncsc1C(O)c1cn[nH]c1. The average Bonchev–Trinajstić information content (AvgIpc) is 2.72. The molecule has 0 aliphatic carbocycles. The molecule has 2 aromatic heterocycles. The van der Waals surface area contributed by atoms with Gasteiger partial charge in [0.05, 0.1) is 22.3 Å². The second kappa shape index (κ2) is 3.27. The van der Waals surface area contributed by atoms with Crippen LogP contribution in [0.5, 0.6) is 0 Å². The molecule has 0 amide bonds. The fraction of sp³-hybridized carbons (Fsp3) is 0.250. The molecule has 0 radical (unpaired) electrons. The quantitative estimate of drug-likeness (QED) is 0.758. The summed E-state index contributed by atoms with van der Waals surface area (Å²) in [6, 6.07) is 0. The minimum atomic E-state index is -0.605. The third kappa shape index (κ3) is 1.48. The highest BCUT2D eigenvalue weighted by atomic mass is 32.1. The van der Waals surface area contributed by atoms with E-state index in [0.717, 1.165) is 16.1 Å². The highest BCUT2D eigenvalue weighted by Gasteiger charge is 2.15. The van der Waals surface area contributed by atoms with Crippen molar-refractivity contribution in [2.45, 2.75) is 13.0 Å². The molecule has 0 saturated heterocycles. The van der Waals surface area contributed by atoms with Crippen LogP contribution in [0.4, 0.5) is 0 Å². The Labute approximate surface area is 79.3 Å². The Bertz CT molecular complexity index is 382. The van der Waals surface area contributed by atoms with Crippen LogP contribution in [0, 0.1) is 6.92 Å². The molecule has 1 atom stereocenters. The average molecular weight is 195 g/mol. The molecule has 13 heavy (non-hydrogen) atoms. The van der Waals surface area contributed by atoms with Gasteiger partial charge in [-0.2, -0.15) is 5.10 Å². The first-order valence-corrected chi connectivity index (χ1v) is 4.73. The van der Waals surface area contributed by atoms with Crippen LogP contribution in [0.2, 0.25) is 0 Å². The first-order valence-electron chi connectivity index (χ1n) is 3.86. The lowest BCUT2D eigenvalue weighted by atomic mass is 10.1. The van der Waals surface area contributed by atoms with Crippen LogP contribution < -0.4 is 0 Å². The first kappa shape index (κ1) is 8.40. The van der Waals surface area contributed by atoms with E-state index >= 15 is 0 Å². The van der Waals surface area contributed by atoms with Crippen LogP contribution in [0.25, 0.3) is 0 Å². The molecule has 2 aromatic rings. The topological polar surface area (TPSA) is 61.8 Å². The van der Waals surface area contributed by atoms with E-state index in [0.29, 0.717) is 0 Å². The number of aliphatic hydroxyl groups is 1. The van der Waals surface area contributed by atoms with Crippen molar-refractivity contribution in [2.75, 3.05) is 0 Å². The monoisotopic (exact) mass is 195 g/mol. The number of hydrogen-bond acceptors (Lipinski definition) is 4. The number of aromatic nitrogens is 3. The predicted octanol–water partition coefficient (Wildman–Crippen LogP) is 1.26. The molecule has 0 spiro atoms. The second-order valence-corrected chi connectivity index (χ2v) is 3.62. The number of rotatable bonds is 2. The molecule has 68 valence electrons. The molecule has 2 N–H and O–H groups in total. The lowest BCUT2D eigenvalue weighted by Crippen LogP contribution is -1.97. The van der Waals surface area contributed by atoms with Gasteiger partial charge in [0.1, 0.15) is 6.10 Å². The lowest BCUT2D eigenvalue weighted by Gasteiger charge is -2.05. The van der Waals surface area contributed by atoms with Crippen molar-refractivity contribution in [3.05, 3.63) is 34.0 Å². The summed E-state index contributed by atoms with van der Waals surface area (Å²) in [6.07, 6.45) is 2.69. The number of aryl methyl sites for hydroxylation is 1. The van der Waals surface area contributed by atoms with Gasteiger partial charge in [0.15, 0.2) is 0 Å². The Hall–Kier alpha value is -1.20. The number of nitrogens with one attached hydrogen (secondary N) is 1. The number of aromatic amines is 1. The maximum absolute atomic E-state index is 9.86. The van der Waals surface area contributed by atoms with E-state index in [2.05, 4.69) is 15.2 Å². The smallest absolute Gasteiger partial charge is 0.118 e. The summed E-state index contributed by atoms with van der Waals surface area (Å²) in [7, 11) is 0. The summed E-state index contributed by atoms with van der Waals surface area (Å²) in [5, 5.41) is 16.3. The van der Waals surface area contributed by atoms with Crippen LogP contribution in [0.1, 0.15) is 22.2 Å². The molecule has 2 heterocycles. The van der Waals surface area contributed by atoms with Gasteiger partial charge >= 0.3 is 0 Å². The standard InChI is InChI=1S/C8H9N3OS/c1-5-8(13-4-9-5)7(12)6-2-10-11-3-6/h2-4,7,12H,1H3,(H,10,11). The predicted molar refractivity (Wildman–Crippen MR) is 49.5 cm³/mol. The van der Waals surface area contributed by atoms with Crippen molar-refractivity contribution in [1.29, 1.82) is 0 Å². The Balaban J connectivity index is 2.33. The third-order valence-corrected chi connectivity index (χ3v) is 2.85. The van der Waals surface area contributed by atoms with Gasteiger partial charge in [0.2, 0.25) is 0 Å². The van der Waals surface area contributed by atoms with E-state index in [4.69, 9.17) is 0 Å². The van der Waals surface area contributed by atoms with Gasteiger partial charge in [-0.25, -0.2) is 4.98 Å². The van der Waals surface area contributed by atoms with Crippen molar-refractivity contribution in [1.82, 2.24) is 15.2 Å². The van der Waals surface area contributed by atoms with Crippen molar-refractivity contribution in [3.8, 4) is 0 Å².